The molecular weight excluding hydrogens is 242 g/mol. The van der Waals surface area contributed by atoms with Crippen LogP contribution in [0.3, 0.4) is 0 Å². The Morgan fingerprint density at radius 2 is 2.11 bits per heavy atom. The molecule has 0 saturated heterocycles. The molecule has 0 bridgehead atoms. The van der Waals surface area contributed by atoms with E-state index >= 15 is 0 Å². The molecule has 1 aliphatic heterocycles. The van der Waals surface area contributed by atoms with Gasteiger partial charge in [0.15, 0.2) is 0 Å². The van der Waals surface area contributed by atoms with Crippen molar-refractivity contribution in [2.45, 2.75) is 24.7 Å². The molecule has 0 radical (unpaired) electrons. The summed E-state index contributed by atoms with van der Waals surface area (Å²) in [6.07, 6.45) is 2.82. The number of amides is 1. The van der Waals surface area contributed by atoms with Crippen molar-refractivity contribution in [3.8, 4) is 0 Å². The highest BCUT2D eigenvalue weighted by Crippen LogP contribution is 2.62. The molecule has 4 rings (SSSR count). The maximum atomic E-state index is 12.7. The first kappa shape index (κ1) is 11.0. The number of benzene rings is 1. The monoisotopic (exact) mass is 257 g/mol. The smallest absolute Gasteiger partial charge is 0.307 e. The molecule has 1 spiro atoms. The van der Waals surface area contributed by atoms with Crippen molar-refractivity contribution in [1.29, 1.82) is 0 Å². The summed E-state index contributed by atoms with van der Waals surface area (Å²) in [5, 5.41) is 9.23. The SMILES string of the molecule is O=C(O)[C@@H]1C[C@]12C(=O)N(CC1CC1)c1ccccc12. The third kappa shape index (κ3) is 1.34. The van der Waals surface area contributed by atoms with Crippen LogP contribution in [-0.2, 0) is 15.0 Å². The van der Waals surface area contributed by atoms with E-state index in [-0.39, 0.29) is 5.91 Å². The highest BCUT2D eigenvalue weighted by molar-refractivity contribution is 6.13. The lowest BCUT2D eigenvalue weighted by Crippen LogP contribution is -2.35. The molecule has 2 aliphatic carbocycles. The first-order chi connectivity index (χ1) is 9.14. The Morgan fingerprint density at radius 3 is 2.74 bits per heavy atom. The maximum Gasteiger partial charge on any atom is 0.307 e. The van der Waals surface area contributed by atoms with E-state index in [0.717, 1.165) is 17.8 Å². The second-order valence-corrected chi connectivity index (χ2v) is 5.94. The van der Waals surface area contributed by atoms with Crippen molar-refractivity contribution >= 4 is 17.6 Å². The standard InChI is InChI=1S/C15H15NO3/c17-13(18)11-7-15(11)10-3-1-2-4-12(10)16(14(15)19)8-9-5-6-9/h1-4,9,11H,5-8H2,(H,17,18)/t11-,15+/m0/s1. The Hall–Kier alpha value is -1.84. The first-order valence-electron chi connectivity index (χ1n) is 6.79. The van der Waals surface area contributed by atoms with Gasteiger partial charge in [-0.2, -0.15) is 0 Å². The van der Waals surface area contributed by atoms with E-state index in [1.807, 2.05) is 29.2 Å². The largest absolute Gasteiger partial charge is 0.481 e. The number of carboxylic acid groups (broad SMARTS) is 1. The van der Waals surface area contributed by atoms with Crippen molar-refractivity contribution in [2.24, 2.45) is 11.8 Å². The zero-order chi connectivity index (χ0) is 13.2. The van der Waals surface area contributed by atoms with E-state index in [9.17, 15) is 14.7 Å². The molecule has 1 aromatic rings. The number of carboxylic acids is 1. The fourth-order valence-corrected chi connectivity index (χ4v) is 3.39. The minimum atomic E-state index is -0.851. The first-order valence-corrected chi connectivity index (χ1v) is 6.79. The summed E-state index contributed by atoms with van der Waals surface area (Å²) < 4.78 is 0. The van der Waals surface area contributed by atoms with E-state index in [4.69, 9.17) is 0 Å². The van der Waals surface area contributed by atoms with E-state index in [2.05, 4.69) is 0 Å². The van der Waals surface area contributed by atoms with Crippen molar-refractivity contribution in [2.75, 3.05) is 11.4 Å². The lowest BCUT2D eigenvalue weighted by Gasteiger charge is -2.17. The molecule has 2 atom stereocenters. The van der Waals surface area contributed by atoms with E-state index in [1.165, 1.54) is 12.8 Å². The number of anilines is 1. The van der Waals surface area contributed by atoms with Gasteiger partial charge < -0.3 is 10.0 Å². The maximum absolute atomic E-state index is 12.7. The average Bonchev–Trinajstić information content (AvgIpc) is 3.28. The van der Waals surface area contributed by atoms with E-state index in [0.29, 0.717) is 12.3 Å². The number of nitrogens with zero attached hydrogens (tertiary/aromatic N) is 1. The summed E-state index contributed by atoms with van der Waals surface area (Å²) in [7, 11) is 0. The molecule has 2 fully saturated rings. The van der Waals surface area contributed by atoms with Crippen LogP contribution in [0.1, 0.15) is 24.8 Å². The van der Waals surface area contributed by atoms with Gasteiger partial charge in [-0.05, 0) is 36.8 Å². The van der Waals surface area contributed by atoms with Crippen LogP contribution in [0.4, 0.5) is 5.69 Å². The van der Waals surface area contributed by atoms with Crippen LogP contribution in [0.2, 0.25) is 0 Å². The van der Waals surface area contributed by atoms with Gasteiger partial charge in [0.1, 0.15) is 0 Å². The predicted molar refractivity (Wildman–Crippen MR) is 68.9 cm³/mol. The zero-order valence-corrected chi connectivity index (χ0v) is 10.5. The third-order valence-corrected chi connectivity index (χ3v) is 4.70. The van der Waals surface area contributed by atoms with Crippen molar-refractivity contribution in [3.63, 3.8) is 0 Å². The van der Waals surface area contributed by atoms with Crippen LogP contribution >= 0.6 is 0 Å². The van der Waals surface area contributed by atoms with Crippen LogP contribution in [0.5, 0.6) is 0 Å². The number of fused-ring (bicyclic) bond motifs is 2. The van der Waals surface area contributed by atoms with Crippen LogP contribution in [0.15, 0.2) is 24.3 Å². The minimum Gasteiger partial charge on any atom is -0.481 e. The van der Waals surface area contributed by atoms with Gasteiger partial charge in [0.05, 0.1) is 11.3 Å². The van der Waals surface area contributed by atoms with Crippen LogP contribution in [0.25, 0.3) is 0 Å². The summed E-state index contributed by atoms with van der Waals surface area (Å²) in [5.41, 5.74) is 1.10. The van der Waals surface area contributed by atoms with Gasteiger partial charge in [-0.1, -0.05) is 18.2 Å². The number of hydrogen-bond acceptors (Lipinski definition) is 2. The molecule has 1 heterocycles. The second kappa shape index (κ2) is 3.38. The van der Waals surface area contributed by atoms with Gasteiger partial charge in [0.25, 0.3) is 0 Å². The van der Waals surface area contributed by atoms with Crippen LogP contribution in [0, 0.1) is 11.8 Å². The topological polar surface area (TPSA) is 57.6 Å². The van der Waals surface area contributed by atoms with Gasteiger partial charge in [0, 0.05) is 12.2 Å². The molecule has 3 aliphatic rings. The molecule has 1 amide bonds. The molecule has 19 heavy (non-hydrogen) atoms. The highest BCUT2D eigenvalue weighted by atomic mass is 16.4. The Kier molecular flexibility index (Phi) is 1.96. The summed E-state index contributed by atoms with van der Waals surface area (Å²) in [6, 6.07) is 7.68. The van der Waals surface area contributed by atoms with Gasteiger partial charge in [-0.3, -0.25) is 9.59 Å². The molecule has 4 nitrogen and oxygen atoms in total. The number of rotatable bonds is 3. The summed E-state index contributed by atoms with van der Waals surface area (Å²) in [6.45, 7) is 0.754. The number of aliphatic carboxylic acids is 1. The summed E-state index contributed by atoms with van der Waals surface area (Å²) in [4.78, 5) is 25.8. The lowest BCUT2D eigenvalue weighted by atomic mass is 9.95. The highest BCUT2D eigenvalue weighted by Gasteiger charge is 2.70. The Bertz CT molecular complexity index is 593. The van der Waals surface area contributed by atoms with E-state index in [1.54, 1.807) is 0 Å². The number of carbonyl (C=O) groups excluding carboxylic acids is 1. The van der Waals surface area contributed by atoms with Crippen LogP contribution in [-0.4, -0.2) is 23.5 Å². The van der Waals surface area contributed by atoms with Gasteiger partial charge in [-0.15, -0.1) is 0 Å². The van der Waals surface area contributed by atoms with Crippen LogP contribution < -0.4 is 4.90 Å². The molecule has 2 saturated carbocycles. The Balaban J connectivity index is 1.78. The number of hydrogen-bond donors (Lipinski definition) is 1. The molecule has 98 valence electrons. The average molecular weight is 257 g/mol. The van der Waals surface area contributed by atoms with Crippen molar-refractivity contribution in [3.05, 3.63) is 29.8 Å². The minimum absolute atomic E-state index is 0.00741. The summed E-state index contributed by atoms with van der Waals surface area (Å²) in [5.74, 6) is -0.774. The molecule has 0 unspecified atom stereocenters. The Morgan fingerprint density at radius 1 is 1.37 bits per heavy atom. The predicted octanol–water partition coefficient (Wildman–Crippen LogP) is 1.79. The van der Waals surface area contributed by atoms with E-state index < -0.39 is 17.3 Å². The Labute approximate surface area is 111 Å². The van der Waals surface area contributed by atoms with Crippen molar-refractivity contribution < 1.29 is 14.7 Å². The quantitative estimate of drug-likeness (QED) is 0.898. The molecule has 0 aromatic heterocycles. The lowest BCUT2D eigenvalue weighted by molar-refractivity contribution is -0.140. The normalized spacial score (nSPS) is 31.7. The van der Waals surface area contributed by atoms with Gasteiger partial charge >= 0.3 is 5.97 Å². The second-order valence-electron chi connectivity index (χ2n) is 5.94. The summed E-state index contributed by atoms with van der Waals surface area (Å²) >= 11 is 0. The fourth-order valence-electron chi connectivity index (χ4n) is 3.39. The fraction of sp³-hybridized carbons (Fsp3) is 0.467. The zero-order valence-electron chi connectivity index (χ0n) is 10.5. The van der Waals surface area contributed by atoms with Gasteiger partial charge in [-0.25, -0.2) is 0 Å². The molecular formula is C15H15NO3. The third-order valence-electron chi connectivity index (χ3n) is 4.70. The van der Waals surface area contributed by atoms with Gasteiger partial charge in [0.2, 0.25) is 5.91 Å². The molecule has 1 N–H and O–H groups in total. The number of carbonyl (C=O) groups is 2. The number of para-hydroxylation sites is 1. The van der Waals surface area contributed by atoms with Crippen molar-refractivity contribution in [1.82, 2.24) is 0 Å². The molecule has 1 aromatic carbocycles. The molecule has 4 heteroatoms.